The van der Waals surface area contributed by atoms with Gasteiger partial charge in [0.1, 0.15) is 18.2 Å². The maximum Gasteiger partial charge on any atom is 0.138 e. The van der Waals surface area contributed by atoms with E-state index in [2.05, 4.69) is 4.90 Å². The SMILES string of the molecule is Fc1ccc(OCCN2CCCCC2)c(Cl)c1. The van der Waals surface area contributed by atoms with Gasteiger partial charge in [0.15, 0.2) is 0 Å². The highest BCUT2D eigenvalue weighted by Crippen LogP contribution is 2.24. The monoisotopic (exact) mass is 257 g/mol. The van der Waals surface area contributed by atoms with E-state index in [-0.39, 0.29) is 5.82 Å². The van der Waals surface area contributed by atoms with E-state index in [4.69, 9.17) is 16.3 Å². The van der Waals surface area contributed by atoms with E-state index in [1.165, 1.54) is 31.4 Å². The van der Waals surface area contributed by atoms with Gasteiger partial charge in [0.05, 0.1) is 5.02 Å². The molecule has 1 aliphatic heterocycles. The molecule has 0 N–H and O–H groups in total. The lowest BCUT2D eigenvalue weighted by Crippen LogP contribution is -2.33. The van der Waals surface area contributed by atoms with Crippen LogP contribution in [0.3, 0.4) is 0 Å². The van der Waals surface area contributed by atoms with Gasteiger partial charge >= 0.3 is 0 Å². The Balaban J connectivity index is 1.77. The van der Waals surface area contributed by atoms with Crippen LogP contribution in [0, 0.1) is 5.82 Å². The summed E-state index contributed by atoms with van der Waals surface area (Å²) < 4.78 is 18.4. The molecule has 1 saturated heterocycles. The van der Waals surface area contributed by atoms with Crippen LogP contribution < -0.4 is 4.74 Å². The zero-order valence-corrected chi connectivity index (χ0v) is 10.5. The van der Waals surface area contributed by atoms with Gasteiger partial charge in [-0.3, -0.25) is 4.90 Å². The summed E-state index contributed by atoms with van der Waals surface area (Å²) in [6.45, 7) is 3.82. The number of hydrogen-bond donors (Lipinski definition) is 0. The number of piperidine rings is 1. The first-order valence-corrected chi connectivity index (χ1v) is 6.44. The van der Waals surface area contributed by atoms with Crippen LogP contribution in [0.2, 0.25) is 5.02 Å². The van der Waals surface area contributed by atoms with Crippen LogP contribution in [0.4, 0.5) is 4.39 Å². The fourth-order valence-electron chi connectivity index (χ4n) is 2.06. The van der Waals surface area contributed by atoms with Gasteiger partial charge in [-0.25, -0.2) is 4.39 Å². The van der Waals surface area contributed by atoms with Crippen LogP contribution in [-0.2, 0) is 0 Å². The minimum absolute atomic E-state index is 0.335. The summed E-state index contributed by atoms with van der Waals surface area (Å²) in [7, 11) is 0. The molecule has 0 bridgehead atoms. The van der Waals surface area contributed by atoms with Crippen LogP contribution >= 0.6 is 11.6 Å². The molecule has 17 heavy (non-hydrogen) atoms. The number of benzene rings is 1. The number of hydrogen-bond acceptors (Lipinski definition) is 2. The Morgan fingerprint density at radius 1 is 1.24 bits per heavy atom. The van der Waals surface area contributed by atoms with Gasteiger partial charge in [0.25, 0.3) is 0 Å². The highest BCUT2D eigenvalue weighted by Gasteiger charge is 2.10. The summed E-state index contributed by atoms with van der Waals surface area (Å²) in [4.78, 5) is 2.39. The molecule has 1 heterocycles. The Kier molecular flexibility index (Phi) is 4.63. The van der Waals surface area contributed by atoms with Gasteiger partial charge in [-0.15, -0.1) is 0 Å². The van der Waals surface area contributed by atoms with E-state index < -0.39 is 0 Å². The first-order valence-electron chi connectivity index (χ1n) is 6.06. The summed E-state index contributed by atoms with van der Waals surface area (Å²) in [5, 5.41) is 0.337. The van der Waals surface area contributed by atoms with E-state index >= 15 is 0 Å². The quantitative estimate of drug-likeness (QED) is 0.820. The molecule has 0 atom stereocenters. The van der Waals surface area contributed by atoms with Gasteiger partial charge < -0.3 is 4.74 Å². The van der Waals surface area contributed by atoms with Crippen LogP contribution in [0.25, 0.3) is 0 Å². The van der Waals surface area contributed by atoms with E-state index in [0.717, 1.165) is 19.6 Å². The van der Waals surface area contributed by atoms with Crippen molar-refractivity contribution in [3.63, 3.8) is 0 Å². The lowest BCUT2D eigenvalue weighted by atomic mass is 10.1. The molecule has 2 nitrogen and oxygen atoms in total. The Morgan fingerprint density at radius 2 is 2.00 bits per heavy atom. The minimum Gasteiger partial charge on any atom is -0.491 e. The van der Waals surface area contributed by atoms with Crippen LogP contribution in [0.5, 0.6) is 5.75 Å². The topological polar surface area (TPSA) is 12.5 Å². The zero-order chi connectivity index (χ0) is 12.1. The average molecular weight is 258 g/mol. The highest BCUT2D eigenvalue weighted by atomic mass is 35.5. The number of nitrogens with zero attached hydrogens (tertiary/aromatic N) is 1. The second kappa shape index (κ2) is 6.22. The zero-order valence-electron chi connectivity index (χ0n) is 9.79. The van der Waals surface area contributed by atoms with Gasteiger partial charge in [-0.05, 0) is 44.1 Å². The van der Waals surface area contributed by atoms with Crippen LogP contribution in [0.1, 0.15) is 19.3 Å². The molecule has 1 aromatic carbocycles. The first kappa shape index (κ1) is 12.7. The van der Waals surface area contributed by atoms with Crippen molar-refractivity contribution >= 4 is 11.6 Å². The lowest BCUT2D eigenvalue weighted by molar-refractivity contribution is 0.183. The standard InChI is InChI=1S/C13H17ClFNO/c14-12-10-11(15)4-5-13(12)17-9-8-16-6-2-1-3-7-16/h4-5,10H,1-3,6-9H2. The first-order chi connectivity index (χ1) is 8.25. The Morgan fingerprint density at radius 3 is 2.71 bits per heavy atom. The molecule has 1 aliphatic rings. The molecule has 0 spiro atoms. The molecule has 0 unspecified atom stereocenters. The third kappa shape index (κ3) is 3.86. The molecular formula is C13H17ClFNO. The van der Waals surface area contributed by atoms with Crippen molar-refractivity contribution in [2.75, 3.05) is 26.2 Å². The fourth-order valence-corrected chi connectivity index (χ4v) is 2.28. The van der Waals surface area contributed by atoms with E-state index in [0.29, 0.717) is 17.4 Å². The number of likely N-dealkylation sites (tertiary alicyclic amines) is 1. The molecular weight excluding hydrogens is 241 g/mol. The number of halogens is 2. The summed E-state index contributed by atoms with van der Waals surface area (Å²) in [5.41, 5.74) is 0. The second-order valence-electron chi connectivity index (χ2n) is 4.33. The molecule has 0 saturated carbocycles. The maximum atomic E-state index is 12.8. The summed E-state index contributed by atoms with van der Waals surface area (Å²) in [6.07, 6.45) is 3.88. The predicted molar refractivity (Wildman–Crippen MR) is 67.2 cm³/mol. The lowest BCUT2D eigenvalue weighted by Gasteiger charge is -2.26. The fraction of sp³-hybridized carbons (Fsp3) is 0.538. The maximum absolute atomic E-state index is 12.8. The van der Waals surface area contributed by atoms with Crippen molar-refractivity contribution in [2.24, 2.45) is 0 Å². The molecule has 2 rings (SSSR count). The van der Waals surface area contributed by atoms with Crippen molar-refractivity contribution in [3.8, 4) is 5.75 Å². The molecule has 0 radical (unpaired) electrons. The molecule has 4 heteroatoms. The number of rotatable bonds is 4. The van der Waals surface area contributed by atoms with Gasteiger partial charge in [-0.2, -0.15) is 0 Å². The molecule has 0 amide bonds. The van der Waals surface area contributed by atoms with Crippen molar-refractivity contribution in [2.45, 2.75) is 19.3 Å². The number of ether oxygens (including phenoxy) is 1. The molecule has 94 valence electrons. The molecule has 1 aromatic rings. The van der Waals surface area contributed by atoms with Crippen molar-refractivity contribution < 1.29 is 9.13 Å². The summed E-state index contributed by atoms with van der Waals surface area (Å²) in [5.74, 6) is 0.225. The third-order valence-electron chi connectivity index (χ3n) is 3.01. The molecule has 1 fully saturated rings. The smallest absolute Gasteiger partial charge is 0.138 e. The third-order valence-corrected chi connectivity index (χ3v) is 3.30. The molecule has 0 aliphatic carbocycles. The average Bonchev–Trinajstić information content (AvgIpc) is 2.33. The summed E-state index contributed by atoms with van der Waals surface area (Å²) >= 11 is 5.87. The highest BCUT2D eigenvalue weighted by molar-refractivity contribution is 6.32. The Labute approximate surface area is 106 Å². The molecule has 0 aromatic heterocycles. The Bertz CT molecular complexity index is 366. The van der Waals surface area contributed by atoms with Crippen molar-refractivity contribution in [1.29, 1.82) is 0 Å². The van der Waals surface area contributed by atoms with Crippen LogP contribution in [0.15, 0.2) is 18.2 Å². The van der Waals surface area contributed by atoms with Gasteiger partial charge in [0, 0.05) is 6.54 Å². The largest absolute Gasteiger partial charge is 0.491 e. The van der Waals surface area contributed by atoms with Gasteiger partial charge in [-0.1, -0.05) is 18.0 Å². The Hall–Kier alpha value is -0.800. The predicted octanol–water partition coefficient (Wildman–Crippen LogP) is 3.34. The van der Waals surface area contributed by atoms with Crippen LogP contribution in [-0.4, -0.2) is 31.1 Å². The van der Waals surface area contributed by atoms with E-state index in [9.17, 15) is 4.39 Å². The van der Waals surface area contributed by atoms with Crippen molar-refractivity contribution in [3.05, 3.63) is 29.0 Å². The second-order valence-corrected chi connectivity index (χ2v) is 4.73. The normalized spacial score (nSPS) is 17.1. The van der Waals surface area contributed by atoms with E-state index in [1.54, 1.807) is 6.07 Å². The van der Waals surface area contributed by atoms with Crippen molar-refractivity contribution in [1.82, 2.24) is 4.90 Å². The van der Waals surface area contributed by atoms with Gasteiger partial charge in [0.2, 0.25) is 0 Å². The van der Waals surface area contributed by atoms with E-state index in [1.807, 2.05) is 0 Å². The minimum atomic E-state index is -0.335. The summed E-state index contributed by atoms with van der Waals surface area (Å²) in [6, 6.07) is 4.22.